The van der Waals surface area contributed by atoms with Gasteiger partial charge >= 0.3 is 6.03 Å². The number of urea groups is 1. The molecule has 1 aromatic heterocycles. The maximum Gasteiger partial charge on any atom is 0.319 e. The van der Waals surface area contributed by atoms with Crippen LogP contribution in [-0.4, -0.2) is 22.0 Å². The van der Waals surface area contributed by atoms with E-state index < -0.39 is 0 Å². The van der Waals surface area contributed by atoms with Crippen molar-refractivity contribution < 1.29 is 4.79 Å². The van der Waals surface area contributed by atoms with Crippen LogP contribution in [0.25, 0.3) is 11.0 Å². The molecular weight excluding hydrogens is 288 g/mol. The summed E-state index contributed by atoms with van der Waals surface area (Å²) >= 11 is 0. The second-order valence-corrected chi connectivity index (χ2v) is 6.38. The van der Waals surface area contributed by atoms with Gasteiger partial charge in [0, 0.05) is 11.7 Å². The molecule has 5 nitrogen and oxygen atoms in total. The third kappa shape index (κ3) is 3.97. The lowest BCUT2D eigenvalue weighted by atomic mass is 10.1. The van der Waals surface area contributed by atoms with Crippen LogP contribution >= 0.6 is 0 Å². The van der Waals surface area contributed by atoms with E-state index in [0.717, 1.165) is 41.0 Å². The zero-order valence-electron chi connectivity index (χ0n) is 13.9. The van der Waals surface area contributed by atoms with E-state index in [0.29, 0.717) is 6.04 Å². The molecule has 0 spiro atoms. The van der Waals surface area contributed by atoms with Crippen LogP contribution in [0.5, 0.6) is 0 Å². The Morgan fingerprint density at radius 1 is 1.00 bits per heavy atom. The lowest BCUT2D eigenvalue weighted by Crippen LogP contribution is -2.37. The third-order valence-electron chi connectivity index (χ3n) is 4.52. The topological polar surface area (TPSA) is 66.9 Å². The number of hydrogen-bond donors (Lipinski definition) is 2. The fraction of sp³-hybridized carbons (Fsp3) is 0.500. The van der Waals surface area contributed by atoms with Crippen molar-refractivity contribution in [1.82, 2.24) is 15.3 Å². The third-order valence-corrected chi connectivity index (χ3v) is 4.52. The number of aryl methyl sites for hydroxylation is 2. The SMILES string of the molecule is Cc1nc2ccc(NC(=O)NC3CCCCCC3)cc2nc1C. The van der Waals surface area contributed by atoms with Crippen molar-refractivity contribution in [1.29, 1.82) is 0 Å². The molecule has 1 saturated carbocycles. The van der Waals surface area contributed by atoms with Crippen LogP contribution < -0.4 is 10.6 Å². The van der Waals surface area contributed by atoms with Crippen molar-refractivity contribution in [2.45, 2.75) is 58.4 Å². The number of fused-ring (bicyclic) bond motifs is 1. The molecule has 0 radical (unpaired) electrons. The smallest absolute Gasteiger partial charge is 0.319 e. The van der Waals surface area contributed by atoms with Gasteiger partial charge in [0.1, 0.15) is 0 Å². The molecule has 2 aromatic rings. The molecule has 1 aliphatic rings. The van der Waals surface area contributed by atoms with Crippen molar-refractivity contribution >= 4 is 22.8 Å². The fourth-order valence-electron chi connectivity index (χ4n) is 3.08. The van der Waals surface area contributed by atoms with Gasteiger partial charge in [0.2, 0.25) is 0 Å². The molecule has 0 atom stereocenters. The van der Waals surface area contributed by atoms with Crippen molar-refractivity contribution in [3.8, 4) is 0 Å². The molecule has 1 aliphatic carbocycles. The Balaban J connectivity index is 1.68. The summed E-state index contributed by atoms with van der Waals surface area (Å²) in [5.41, 5.74) is 4.26. The Morgan fingerprint density at radius 2 is 1.65 bits per heavy atom. The molecular formula is C18H24N4O. The van der Waals surface area contributed by atoms with Gasteiger partial charge in [-0.1, -0.05) is 25.7 Å². The summed E-state index contributed by atoms with van der Waals surface area (Å²) in [6, 6.07) is 5.81. The van der Waals surface area contributed by atoms with E-state index in [2.05, 4.69) is 20.6 Å². The zero-order chi connectivity index (χ0) is 16.2. The first-order valence-electron chi connectivity index (χ1n) is 8.44. The monoisotopic (exact) mass is 312 g/mol. The fourth-order valence-corrected chi connectivity index (χ4v) is 3.08. The molecule has 23 heavy (non-hydrogen) atoms. The standard InChI is InChI=1S/C18H24N4O/c1-12-13(2)20-17-11-15(9-10-16(17)19-12)22-18(23)21-14-7-5-3-4-6-8-14/h9-11,14H,3-8H2,1-2H3,(H2,21,22,23). The van der Waals surface area contributed by atoms with Gasteiger partial charge in [0.15, 0.2) is 0 Å². The average molecular weight is 312 g/mol. The molecule has 1 heterocycles. The van der Waals surface area contributed by atoms with Crippen LogP contribution in [0.15, 0.2) is 18.2 Å². The lowest BCUT2D eigenvalue weighted by molar-refractivity contribution is 0.247. The van der Waals surface area contributed by atoms with Gasteiger partial charge in [-0.2, -0.15) is 0 Å². The van der Waals surface area contributed by atoms with E-state index in [-0.39, 0.29) is 6.03 Å². The van der Waals surface area contributed by atoms with Crippen molar-refractivity contribution in [2.24, 2.45) is 0 Å². The highest BCUT2D eigenvalue weighted by atomic mass is 16.2. The first-order valence-corrected chi connectivity index (χ1v) is 8.44. The molecule has 5 heteroatoms. The number of hydrogen-bond acceptors (Lipinski definition) is 3. The van der Waals surface area contributed by atoms with E-state index >= 15 is 0 Å². The summed E-state index contributed by atoms with van der Waals surface area (Å²) in [6.07, 6.45) is 7.12. The molecule has 2 amide bonds. The average Bonchev–Trinajstić information content (AvgIpc) is 2.77. The van der Waals surface area contributed by atoms with E-state index in [4.69, 9.17) is 0 Å². The van der Waals surface area contributed by atoms with Crippen LogP contribution in [0.2, 0.25) is 0 Å². The number of nitrogens with one attached hydrogen (secondary N) is 2. The predicted octanol–water partition coefficient (Wildman–Crippen LogP) is 4.09. The van der Waals surface area contributed by atoms with Crippen LogP contribution in [0.3, 0.4) is 0 Å². The molecule has 0 aliphatic heterocycles. The molecule has 2 N–H and O–H groups in total. The van der Waals surface area contributed by atoms with Gasteiger partial charge in [-0.05, 0) is 44.9 Å². The van der Waals surface area contributed by atoms with Crippen molar-refractivity contribution in [3.05, 3.63) is 29.6 Å². The van der Waals surface area contributed by atoms with Gasteiger partial charge < -0.3 is 10.6 Å². The van der Waals surface area contributed by atoms with E-state index in [1.165, 1.54) is 25.7 Å². The second-order valence-electron chi connectivity index (χ2n) is 6.38. The maximum atomic E-state index is 12.2. The molecule has 1 fully saturated rings. The summed E-state index contributed by atoms with van der Waals surface area (Å²) in [5.74, 6) is 0. The molecule has 1 aromatic carbocycles. The Bertz CT molecular complexity index is 705. The largest absolute Gasteiger partial charge is 0.335 e. The first-order chi connectivity index (χ1) is 11.1. The highest BCUT2D eigenvalue weighted by Crippen LogP contribution is 2.19. The molecule has 3 rings (SSSR count). The molecule has 0 bridgehead atoms. The Labute approximate surface area is 136 Å². The van der Waals surface area contributed by atoms with Gasteiger partial charge in [-0.3, -0.25) is 0 Å². The summed E-state index contributed by atoms with van der Waals surface area (Å²) in [6.45, 7) is 3.90. The van der Waals surface area contributed by atoms with Crippen LogP contribution in [0, 0.1) is 13.8 Å². The van der Waals surface area contributed by atoms with Gasteiger partial charge in [-0.25, -0.2) is 14.8 Å². The minimum absolute atomic E-state index is 0.131. The van der Waals surface area contributed by atoms with Crippen LogP contribution in [0.1, 0.15) is 49.9 Å². The van der Waals surface area contributed by atoms with Crippen molar-refractivity contribution in [3.63, 3.8) is 0 Å². The first kappa shape index (κ1) is 15.7. The number of aromatic nitrogens is 2. The number of benzene rings is 1. The summed E-state index contributed by atoms with van der Waals surface area (Å²) in [7, 11) is 0. The number of amides is 2. The highest BCUT2D eigenvalue weighted by Gasteiger charge is 2.14. The normalized spacial score (nSPS) is 16.1. The molecule has 122 valence electrons. The van der Waals surface area contributed by atoms with E-state index in [1.54, 1.807) is 0 Å². The summed E-state index contributed by atoms with van der Waals surface area (Å²) < 4.78 is 0. The van der Waals surface area contributed by atoms with Crippen LogP contribution in [-0.2, 0) is 0 Å². The molecule has 0 saturated heterocycles. The van der Waals surface area contributed by atoms with Crippen molar-refractivity contribution in [2.75, 3.05) is 5.32 Å². The minimum atomic E-state index is -0.131. The Morgan fingerprint density at radius 3 is 2.35 bits per heavy atom. The van der Waals surface area contributed by atoms with Gasteiger partial charge in [0.05, 0.1) is 22.4 Å². The number of carbonyl (C=O) groups excluding carboxylic acids is 1. The predicted molar refractivity (Wildman–Crippen MR) is 92.7 cm³/mol. The highest BCUT2D eigenvalue weighted by molar-refractivity contribution is 5.92. The summed E-state index contributed by atoms with van der Waals surface area (Å²) in [4.78, 5) is 21.2. The second kappa shape index (κ2) is 6.94. The van der Waals surface area contributed by atoms with Crippen LogP contribution in [0.4, 0.5) is 10.5 Å². The summed E-state index contributed by atoms with van der Waals surface area (Å²) in [5, 5.41) is 6.01. The quantitative estimate of drug-likeness (QED) is 0.821. The van der Waals surface area contributed by atoms with E-state index in [9.17, 15) is 4.79 Å². The molecule has 0 unspecified atom stereocenters. The Kier molecular flexibility index (Phi) is 4.74. The number of nitrogens with zero attached hydrogens (tertiary/aromatic N) is 2. The number of carbonyl (C=O) groups is 1. The van der Waals surface area contributed by atoms with E-state index in [1.807, 2.05) is 32.0 Å². The minimum Gasteiger partial charge on any atom is -0.335 e. The Hall–Kier alpha value is -2.17. The maximum absolute atomic E-state index is 12.2. The zero-order valence-corrected chi connectivity index (χ0v) is 13.9. The van der Waals surface area contributed by atoms with Gasteiger partial charge in [0.25, 0.3) is 0 Å². The number of rotatable bonds is 2. The number of anilines is 1. The lowest BCUT2D eigenvalue weighted by Gasteiger charge is -2.16. The van der Waals surface area contributed by atoms with Gasteiger partial charge in [-0.15, -0.1) is 0 Å².